The molecule has 2 unspecified atom stereocenters. The summed E-state index contributed by atoms with van der Waals surface area (Å²) in [5, 5.41) is 12.8. The molecule has 3 nitrogen and oxygen atoms in total. The summed E-state index contributed by atoms with van der Waals surface area (Å²) < 4.78 is 5.83. The summed E-state index contributed by atoms with van der Waals surface area (Å²) >= 11 is 0. The van der Waals surface area contributed by atoms with Gasteiger partial charge in [-0.15, -0.1) is 0 Å². The Morgan fingerprint density at radius 1 is 1.32 bits per heavy atom. The zero-order valence-corrected chi connectivity index (χ0v) is 12.6. The van der Waals surface area contributed by atoms with Gasteiger partial charge in [0.25, 0.3) is 0 Å². The number of aliphatic hydroxyl groups is 1. The lowest BCUT2D eigenvalue weighted by Gasteiger charge is -2.19. The van der Waals surface area contributed by atoms with E-state index in [2.05, 4.69) is 44.3 Å². The van der Waals surface area contributed by atoms with E-state index in [1.54, 1.807) is 6.92 Å². The highest BCUT2D eigenvalue weighted by molar-refractivity contribution is 5.39. The van der Waals surface area contributed by atoms with Crippen LogP contribution in [0.3, 0.4) is 0 Å². The molecule has 0 saturated heterocycles. The maximum atomic E-state index is 9.29. The summed E-state index contributed by atoms with van der Waals surface area (Å²) in [6.45, 7) is 9.72. The maximum absolute atomic E-state index is 9.29. The summed E-state index contributed by atoms with van der Waals surface area (Å²) in [5.41, 5.74) is 2.38. The Hall–Kier alpha value is -1.06. The van der Waals surface area contributed by atoms with E-state index in [0.29, 0.717) is 13.0 Å². The maximum Gasteiger partial charge on any atom is 0.124 e. The average molecular weight is 265 g/mol. The van der Waals surface area contributed by atoms with E-state index in [1.165, 1.54) is 11.1 Å². The molecular weight excluding hydrogens is 238 g/mol. The van der Waals surface area contributed by atoms with Gasteiger partial charge < -0.3 is 15.2 Å². The molecule has 2 N–H and O–H groups in total. The zero-order chi connectivity index (χ0) is 14.3. The molecule has 0 fully saturated rings. The number of nitrogens with one attached hydrogen (secondary N) is 1. The van der Waals surface area contributed by atoms with Gasteiger partial charge in [-0.05, 0) is 45.4 Å². The van der Waals surface area contributed by atoms with E-state index in [0.717, 1.165) is 18.7 Å². The van der Waals surface area contributed by atoms with Crippen LogP contribution in [0.25, 0.3) is 0 Å². The van der Waals surface area contributed by atoms with Crippen LogP contribution in [0.4, 0.5) is 0 Å². The van der Waals surface area contributed by atoms with Crippen LogP contribution >= 0.6 is 0 Å². The first kappa shape index (κ1) is 16.0. The summed E-state index contributed by atoms with van der Waals surface area (Å²) in [4.78, 5) is 0. The highest BCUT2D eigenvalue weighted by Crippen LogP contribution is 2.26. The fourth-order valence-corrected chi connectivity index (χ4v) is 1.93. The van der Waals surface area contributed by atoms with Gasteiger partial charge in [-0.3, -0.25) is 0 Å². The van der Waals surface area contributed by atoms with E-state index in [-0.39, 0.29) is 12.1 Å². The Labute approximate surface area is 117 Å². The van der Waals surface area contributed by atoms with Gasteiger partial charge in [-0.2, -0.15) is 0 Å². The average Bonchev–Trinajstić information content (AvgIpc) is 2.35. The van der Waals surface area contributed by atoms with E-state index in [1.807, 2.05) is 0 Å². The third kappa shape index (κ3) is 5.62. The van der Waals surface area contributed by atoms with Crippen LogP contribution < -0.4 is 10.1 Å². The molecule has 1 rings (SSSR count). The van der Waals surface area contributed by atoms with Crippen molar-refractivity contribution in [2.45, 2.75) is 52.7 Å². The molecule has 0 aliphatic heterocycles. The third-order valence-corrected chi connectivity index (χ3v) is 3.13. The molecule has 1 aromatic rings. The predicted octanol–water partition coefficient (Wildman–Crippen LogP) is 3.21. The fourth-order valence-electron chi connectivity index (χ4n) is 1.93. The Morgan fingerprint density at radius 3 is 2.68 bits per heavy atom. The standard InChI is InChI=1S/C16H27NO2/c1-5-9-17-14(4)15-7-6-12(2)11-16(15)19-10-8-13(3)18/h6-7,11,13-14,17-18H,5,8-10H2,1-4H3. The van der Waals surface area contributed by atoms with E-state index in [9.17, 15) is 5.11 Å². The molecule has 0 aliphatic rings. The predicted molar refractivity (Wildman–Crippen MR) is 79.7 cm³/mol. The number of hydrogen-bond acceptors (Lipinski definition) is 3. The summed E-state index contributed by atoms with van der Waals surface area (Å²) in [7, 11) is 0. The molecule has 1 aromatic carbocycles. The van der Waals surface area contributed by atoms with E-state index in [4.69, 9.17) is 4.74 Å². The SMILES string of the molecule is CCCNC(C)c1ccc(C)cc1OCCC(C)O. The van der Waals surface area contributed by atoms with Gasteiger partial charge in [0.1, 0.15) is 5.75 Å². The van der Waals surface area contributed by atoms with Crippen LogP contribution in [0.5, 0.6) is 5.75 Å². The van der Waals surface area contributed by atoms with Crippen molar-refractivity contribution < 1.29 is 9.84 Å². The molecular formula is C16H27NO2. The van der Waals surface area contributed by atoms with Crippen LogP contribution in [0.2, 0.25) is 0 Å². The van der Waals surface area contributed by atoms with Gasteiger partial charge >= 0.3 is 0 Å². The highest BCUT2D eigenvalue weighted by atomic mass is 16.5. The van der Waals surface area contributed by atoms with Gasteiger partial charge in [0, 0.05) is 18.0 Å². The minimum Gasteiger partial charge on any atom is -0.493 e. The Morgan fingerprint density at radius 2 is 2.05 bits per heavy atom. The number of hydrogen-bond donors (Lipinski definition) is 2. The van der Waals surface area contributed by atoms with E-state index >= 15 is 0 Å². The Balaban J connectivity index is 2.73. The van der Waals surface area contributed by atoms with Gasteiger partial charge in [0.15, 0.2) is 0 Å². The lowest BCUT2D eigenvalue weighted by molar-refractivity contribution is 0.155. The minimum absolute atomic E-state index is 0.280. The largest absolute Gasteiger partial charge is 0.493 e. The monoisotopic (exact) mass is 265 g/mol. The van der Waals surface area contributed by atoms with Crippen molar-refractivity contribution in [3.63, 3.8) is 0 Å². The van der Waals surface area contributed by atoms with E-state index < -0.39 is 0 Å². The number of benzene rings is 1. The molecule has 0 aromatic heterocycles. The van der Waals surface area contributed by atoms with Gasteiger partial charge in [-0.1, -0.05) is 19.1 Å². The van der Waals surface area contributed by atoms with Crippen molar-refractivity contribution in [2.75, 3.05) is 13.2 Å². The molecule has 108 valence electrons. The van der Waals surface area contributed by atoms with Crippen LogP contribution in [0.15, 0.2) is 18.2 Å². The first-order valence-corrected chi connectivity index (χ1v) is 7.19. The summed E-state index contributed by atoms with van der Waals surface area (Å²) in [5.74, 6) is 0.928. The van der Waals surface area contributed by atoms with Gasteiger partial charge in [-0.25, -0.2) is 0 Å². The number of ether oxygens (including phenoxy) is 1. The van der Waals surface area contributed by atoms with Crippen molar-refractivity contribution in [3.8, 4) is 5.75 Å². The third-order valence-electron chi connectivity index (χ3n) is 3.13. The van der Waals surface area contributed by atoms with Crippen molar-refractivity contribution in [1.82, 2.24) is 5.32 Å². The van der Waals surface area contributed by atoms with Crippen molar-refractivity contribution in [1.29, 1.82) is 0 Å². The second-order valence-corrected chi connectivity index (χ2v) is 5.20. The molecule has 19 heavy (non-hydrogen) atoms. The molecule has 0 saturated carbocycles. The number of aliphatic hydroxyl groups excluding tert-OH is 1. The van der Waals surface area contributed by atoms with Crippen LogP contribution in [-0.4, -0.2) is 24.4 Å². The highest BCUT2D eigenvalue weighted by Gasteiger charge is 2.11. The van der Waals surface area contributed by atoms with Crippen molar-refractivity contribution >= 4 is 0 Å². The van der Waals surface area contributed by atoms with Gasteiger partial charge in [0.2, 0.25) is 0 Å². The molecule has 0 radical (unpaired) electrons. The molecule has 0 heterocycles. The molecule has 0 amide bonds. The molecule has 0 spiro atoms. The normalized spacial score (nSPS) is 14.2. The van der Waals surface area contributed by atoms with Crippen LogP contribution in [0.1, 0.15) is 50.8 Å². The van der Waals surface area contributed by atoms with Crippen molar-refractivity contribution in [3.05, 3.63) is 29.3 Å². The Kier molecular flexibility index (Phi) is 6.89. The second kappa shape index (κ2) is 8.18. The van der Waals surface area contributed by atoms with Crippen LogP contribution in [0, 0.1) is 6.92 Å². The summed E-state index contributed by atoms with van der Waals surface area (Å²) in [6.07, 6.45) is 1.46. The molecule has 0 aliphatic carbocycles. The van der Waals surface area contributed by atoms with Crippen molar-refractivity contribution in [2.24, 2.45) is 0 Å². The summed E-state index contributed by atoms with van der Waals surface area (Å²) in [6, 6.07) is 6.59. The molecule has 2 atom stereocenters. The Bertz CT molecular complexity index is 377. The number of rotatable bonds is 8. The molecule has 3 heteroatoms. The lowest BCUT2D eigenvalue weighted by atomic mass is 10.0. The smallest absolute Gasteiger partial charge is 0.124 e. The van der Waals surface area contributed by atoms with Crippen LogP contribution in [-0.2, 0) is 0 Å². The first-order valence-electron chi connectivity index (χ1n) is 7.19. The van der Waals surface area contributed by atoms with Gasteiger partial charge in [0.05, 0.1) is 12.7 Å². The second-order valence-electron chi connectivity index (χ2n) is 5.20. The number of aryl methyl sites for hydroxylation is 1. The first-order chi connectivity index (χ1) is 9.04. The molecule has 0 bridgehead atoms. The zero-order valence-electron chi connectivity index (χ0n) is 12.6. The minimum atomic E-state index is -0.316. The lowest BCUT2D eigenvalue weighted by Crippen LogP contribution is -2.20. The topological polar surface area (TPSA) is 41.5 Å². The quantitative estimate of drug-likeness (QED) is 0.758. The fraction of sp³-hybridized carbons (Fsp3) is 0.625.